The molecule has 76 valence electrons. The molecule has 15 heavy (non-hydrogen) atoms. The summed E-state index contributed by atoms with van der Waals surface area (Å²) in [5.74, 6) is -0.635. The second-order valence-corrected chi connectivity index (χ2v) is 2.74. The van der Waals surface area contributed by atoms with E-state index in [0.29, 0.717) is 6.29 Å². The summed E-state index contributed by atoms with van der Waals surface area (Å²) in [6.07, 6.45) is 0.564. The van der Waals surface area contributed by atoms with E-state index >= 15 is 0 Å². The number of hydrogen-bond acceptors (Lipinski definition) is 4. The number of aldehydes is 1. The zero-order chi connectivity index (χ0) is 11.4. The van der Waals surface area contributed by atoms with Crippen LogP contribution < -0.4 is 10.5 Å². The summed E-state index contributed by atoms with van der Waals surface area (Å²) in [6, 6.07) is 4.43. The number of amides is 1. The number of nitriles is 1. The number of hydrogen-bond donors (Lipinski definition) is 1. The van der Waals surface area contributed by atoms with E-state index < -0.39 is 5.91 Å². The fourth-order valence-corrected chi connectivity index (χ4v) is 1.21. The molecule has 0 saturated carbocycles. The molecule has 0 radical (unpaired) electrons. The first-order valence-electron chi connectivity index (χ1n) is 4.01. The number of benzene rings is 1. The molecule has 0 fully saturated rings. The summed E-state index contributed by atoms with van der Waals surface area (Å²) < 4.78 is 4.88. The Morgan fingerprint density at radius 1 is 1.60 bits per heavy atom. The van der Waals surface area contributed by atoms with Gasteiger partial charge in [-0.25, -0.2) is 0 Å². The van der Waals surface area contributed by atoms with Gasteiger partial charge >= 0.3 is 0 Å². The monoisotopic (exact) mass is 204 g/mol. The average molecular weight is 204 g/mol. The highest BCUT2D eigenvalue weighted by molar-refractivity contribution is 5.99. The first kappa shape index (κ1) is 10.7. The summed E-state index contributed by atoms with van der Waals surface area (Å²) in [4.78, 5) is 21.6. The third-order valence-electron chi connectivity index (χ3n) is 1.85. The Hall–Kier alpha value is -2.35. The minimum Gasteiger partial charge on any atom is -0.496 e. The molecule has 0 bridgehead atoms. The maximum absolute atomic E-state index is 11.1. The number of ether oxygens (including phenoxy) is 1. The zero-order valence-corrected chi connectivity index (χ0v) is 7.98. The lowest BCUT2D eigenvalue weighted by Crippen LogP contribution is -2.15. The largest absolute Gasteiger partial charge is 0.496 e. The average Bonchev–Trinajstić information content (AvgIpc) is 2.26. The molecule has 1 aromatic rings. The molecule has 1 amide bonds. The molecule has 0 spiro atoms. The van der Waals surface area contributed by atoms with Gasteiger partial charge in [0, 0.05) is 5.56 Å². The van der Waals surface area contributed by atoms with Crippen molar-refractivity contribution in [2.75, 3.05) is 7.11 Å². The van der Waals surface area contributed by atoms with Gasteiger partial charge in [0.05, 0.1) is 18.2 Å². The maximum atomic E-state index is 11.1. The quantitative estimate of drug-likeness (QED) is 0.724. The summed E-state index contributed by atoms with van der Waals surface area (Å²) >= 11 is 0. The van der Waals surface area contributed by atoms with E-state index in [2.05, 4.69) is 0 Å². The van der Waals surface area contributed by atoms with Gasteiger partial charge in [0.2, 0.25) is 0 Å². The molecule has 0 heterocycles. The normalized spacial score (nSPS) is 9.07. The maximum Gasteiger partial charge on any atom is 0.253 e. The van der Waals surface area contributed by atoms with E-state index in [1.807, 2.05) is 0 Å². The van der Waals surface area contributed by atoms with Gasteiger partial charge in [-0.2, -0.15) is 5.26 Å². The predicted octanol–water partition coefficient (Wildman–Crippen LogP) is 0.478. The van der Waals surface area contributed by atoms with Gasteiger partial charge in [0.25, 0.3) is 5.91 Å². The smallest absolute Gasteiger partial charge is 0.253 e. The molecule has 5 nitrogen and oxygen atoms in total. The summed E-state index contributed by atoms with van der Waals surface area (Å²) in [5.41, 5.74) is 5.38. The van der Waals surface area contributed by atoms with Crippen molar-refractivity contribution < 1.29 is 14.3 Å². The SMILES string of the molecule is COc1cc(C=O)cc(C#N)c1C(N)=O. The van der Waals surface area contributed by atoms with Crippen molar-refractivity contribution in [1.82, 2.24) is 0 Å². The van der Waals surface area contributed by atoms with E-state index in [0.717, 1.165) is 0 Å². The van der Waals surface area contributed by atoms with Crippen LogP contribution in [0.4, 0.5) is 0 Å². The van der Waals surface area contributed by atoms with Crippen molar-refractivity contribution in [3.8, 4) is 11.8 Å². The van der Waals surface area contributed by atoms with Gasteiger partial charge in [-0.3, -0.25) is 9.59 Å². The predicted molar refractivity (Wildman–Crippen MR) is 51.6 cm³/mol. The van der Waals surface area contributed by atoms with Gasteiger partial charge in [-0.1, -0.05) is 0 Å². The van der Waals surface area contributed by atoms with Crippen LogP contribution in [-0.2, 0) is 0 Å². The Balaban J connectivity index is 3.55. The highest BCUT2D eigenvalue weighted by Crippen LogP contribution is 2.23. The van der Waals surface area contributed by atoms with Crippen molar-refractivity contribution >= 4 is 12.2 Å². The topological polar surface area (TPSA) is 93.2 Å². The summed E-state index contributed by atoms with van der Waals surface area (Å²) in [7, 11) is 1.33. The van der Waals surface area contributed by atoms with Gasteiger partial charge in [0.15, 0.2) is 0 Å². The number of nitrogens with zero attached hydrogens (tertiary/aromatic N) is 1. The van der Waals surface area contributed by atoms with Gasteiger partial charge in [-0.05, 0) is 12.1 Å². The number of methoxy groups -OCH3 is 1. The van der Waals surface area contributed by atoms with Crippen LogP contribution in [0.1, 0.15) is 26.3 Å². The first-order chi connectivity index (χ1) is 7.13. The minimum atomic E-state index is -0.763. The van der Waals surface area contributed by atoms with E-state index in [4.69, 9.17) is 15.7 Å². The minimum absolute atomic E-state index is 0.00870. The lowest BCUT2D eigenvalue weighted by molar-refractivity contribution is 0.0996. The Bertz CT molecular complexity index is 460. The third-order valence-corrected chi connectivity index (χ3v) is 1.85. The summed E-state index contributed by atoms with van der Waals surface area (Å²) in [6.45, 7) is 0. The van der Waals surface area contributed by atoms with Crippen LogP contribution >= 0.6 is 0 Å². The second-order valence-electron chi connectivity index (χ2n) is 2.74. The number of carbonyl (C=O) groups excluding carboxylic acids is 2. The summed E-state index contributed by atoms with van der Waals surface area (Å²) in [5, 5.41) is 8.78. The van der Waals surface area contributed by atoms with E-state index in [1.165, 1.54) is 19.2 Å². The first-order valence-corrected chi connectivity index (χ1v) is 4.01. The van der Waals surface area contributed by atoms with Gasteiger partial charge < -0.3 is 10.5 Å². The van der Waals surface area contributed by atoms with Gasteiger partial charge in [0.1, 0.15) is 18.1 Å². The van der Waals surface area contributed by atoms with Gasteiger partial charge in [-0.15, -0.1) is 0 Å². The molecule has 5 heteroatoms. The lowest BCUT2D eigenvalue weighted by atomic mass is 10.0. The fraction of sp³-hybridized carbons (Fsp3) is 0.100. The number of primary amides is 1. The molecule has 0 saturated heterocycles. The highest BCUT2D eigenvalue weighted by Gasteiger charge is 2.16. The van der Waals surface area contributed by atoms with Crippen LogP contribution in [0.3, 0.4) is 0 Å². The number of nitrogens with two attached hydrogens (primary N) is 1. The van der Waals surface area contributed by atoms with Crippen LogP contribution in [0.15, 0.2) is 12.1 Å². The standard InChI is InChI=1S/C10H8N2O3/c1-15-8-3-6(5-13)2-7(4-11)9(8)10(12)14/h2-3,5H,1H3,(H2,12,14). The van der Waals surface area contributed by atoms with Crippen molar-refractivity contribution in [3.05, 3.63) is 28.8 Å². The highest BCUT2D eigenvalue weighted by atomic mass is 16.5. The van der Waals surface area contributed by atoms with E-state index in [9.17, 15) is 9.59 Å². The molecule has 2 N–H and O–H groups in total. The Morgan fingerprint density at radius 3 is 2.67 bits per heavy atom. The molecule has 0 aromatic heterocycles. The Morgan fingerprint density at radius 2 is 2.27 bits per heavy atom. The molecule has 0 aliphatic rings. The molecule has 1 rings (SSSR count). The molecular weight excluding hydrogens is 196 g/mol. The number of carbonyl (C=O) groups is 2. The van der Waals surface area contributed by atoms with Crippen LogP contribution in [0, 0.1) is 11.3 Å². The van der Waals surface area contributed by atoms with Crippen LogP contribution in [0.5, 0.6) is 5.75 Å². The van der Waals surface area contributed by atoms with E-state index in [-0.39, 0.29) is 22.4 Å². The van der Waals surface area contributed by atoms with Crippen molar-refractivity contribution in [2.24, 2.45) is 5.73 Å². The molecule has 1 aromatic carbocycles. The molecule has 0 unspecified atom stereocenters. The van der Waals surface area contributed by atoms with Crippen LogP contribution in [0.2, 0.25) is 0 Å². The lowest BCUT2D eigenvalue weighted by Gasteiger charge is -2.07. The van der Waals surface area contributed by atoms with Crippen molar-refractivity contribution in [3.63, 3.8) is 0 Å². The third kappa shape index (κ3) is 1.94. The molecule has 0 aliphatic heterocycles. The van der Waals surface area contributed by atoms with Crippen molar-refractivity contribution in [1.29, 1.82) is 5.26 Å². The Kier molecular flexibility index (Phi) is 3.03. The van der Waals surface area contributed by atoms with Crippen LogP contribution in [-0.4, -0.2) is 19.3 Å². The Labute approximate surface area is 86.1 Å². The van der Waals surface area contributed by atoms with Crippen molar-refractivity contribution in [2.45, 2.75) is 0 Å². The van der Waals surface area contributed by atoms with Crippen LogP contribution in [0.25, 0.3) is 0 Å². The second kappa shape index (κ2) is 4.24. The molecule has 0 aliphatic carbocycles. The fourth-order valence-electron chi connectivity index (χ4n) is 1.21. The molecule has 0 atom stereocenters. The molecular formula is C10H8N2O3. The number of rotatable bonds is 3. The zero-order valence-electron chi connectivity index (χ0n) is 7.98. The van der Waals surface area contributed by atoms with E-state index in [1.54, 1.807) is 6.07 Å².